The highest BCUT2D eigenvalue weighted by Gasteiger charge is 2.08. The number of aromatic nitrogens is 2. The summed E-state index contributed by atoms with van der Waals surface area (Å²) in [6.07, 6.45) is 2.71. The number of anilines is 1. The van der Waals surface area contributed by atoms with Gasteiger partial charge in [0.2, 0.25) is 0 Å². The Morgan fingerprint density at radius 2 is 2.00 bits per heavy atom. The minimum absolute atomic E-state index is 0.662. The molecule has 1 aromatic carbocycles. The van der Waals surface area contributed by atoms with E-state index in [0.29, 0.717) is 5.92 Å². The fourth-order valence-electron chi connectivity index (χ4n) is 2.31. The molecule has 0 fully saturated rings. The molecule has 0 atom stereocenters. The Morgan fingerprint density at radius 1 is 1.21 bits per heavy atom. The lowest BCUT2D eigenvalue weighted by Gasteiger charge is -2.11. The van der Waals surface area contributed by atoms with Gasteiger partial charge in [-0.15, -0.1) is 0 Å². The maximum Gasteiger partial charge on any atom is 0.132 e. The highest BCUT2D eigenvalue weighted by atomic mass is 15.0. The number of hydrogen-bond acceptors (Lipinski definition) is 3. The summed E-state index contributed by atoms with van der Waals surface area (Å²) in [4.78, 5) is 8.66. The van der Waals surface area contributed by atoms with Gasteiger partial charge in [0.1, 0.15) is 12.1 Å². The van der Waals surface area contributed by atoms with Gasteiger partial charge in [-0.1, -0.05) is 32.0 Å². The second-order valence-electron chi connectivity index (χ2n) is 5.24. The minimum atomic E-state index is 0.662. The molecule has 0 saturated heterocycles. The lowest BCUT2D eigenvalue weighted by atomic mass is 9.99. The molecule has 0 aliphatic heterocycles. The summed E-state index contributed by atoms with van der Waals surface area (Å²) in [5, 5.41) is 3.10. The average molecular weight is 255 g/mol. The van der Waals surface area contributed by atoms with Gasteiger partial charge in [0.15, 0.2) is 0 Å². The van der Waals surface area contributed by atoms with E-state index in [1.165, 1.54) is 5.56 Å². The molecular weight excluding hydrogens is 234 g/mol. The van der Waals surface area contributed by atoms with E-state index in [-0.39, 0.29) is 0 Å². The molecule has 2 aromatic rings. The zero-order valence-corrected chi connectivity index (χ0v) is 12.1. The third kappa shape index (κ3) is 3.11. The maximum absolute atomic E-state index is 4.43. The van der Waals surface area contributed by atoms with Crippen molar-refractivity contribution < 1.29 is 0 Å². The molecule has 0 amide bonds. The summed E-state index contributed by atoms with van der Waals surface area (Å²) in [6, 6.07) is 8.63. The molecule has 3 nitrogen and oxygen atoms in total. The van der Waals surface area contributed by atoms with Crippen molar-refractivity contribution in [2.45, 2.75) is 27.2 Å². The van der Waals surface area contributed by atoms with Gasteiger partial charge in [-0.05, 0) is 30.9 Å². The molecule has 19 heavy (non-hydrogen) atoms. The van der Waals surface area contributed by atoms with Crippen molar-refractivity contribution >= 4 is 5.82 Å². The predicted octanol–water partition coefficient (Wildman–Crippen LogP) is 3.69. The predicted molar refractivity (Wildman–Crippen MR) is 80.3 cm³/mol. The van der Waals surface area contributed by atoms with Crippen LogP contribution in [-0.2, 0) is 6.42 Å². The van der Waals surface area contributed by atoms with Crippen LogP contribution in [-0.4, -0.2) is 17.0 Å². The number of benzene rings is 1. The first-order valence-corrected chi connectivity index (χ1v) is 6.70. The van der Waals surface area contributed by atoms with E-state index >= 15 is 0 Å². The monoisotopic (exact) mass is 255 g/mol. The standard InChI is InChI=1S/C16H21N3/c1-11(2)8-13-6-5-7-14(9-13)15-12(3)16(17-4)19-10-18-15/h5-7,9-11H,8H2,1-4H3,(H,17,18,19). The SMILES string of the molecule is CNc1ncnc(-c2cccc(CC(C)C)c2)c1C. The van der Waals surface area contributed by atoms with Crippen molar-refractivity contribution in [2.75, 3.05) is 12.4 Å². The van der Waals surface area contributed by atoms with Gasteiger partial charge in [-0.3, -0.25) is 0 Å². The fraction of sp³-hybridized carbons (Fsp3) is 0.375. The molecule has 0 radical (unpaired) electrons. The number of hydrogen-bond donors (Lipinski definition) is 1. The summed E-state index contributed by atoms with van der Waals surface area (Å²) >= 11 is 0. The molecule has 3 heteroatoms. The molecule has 0 aliphatic carbocycles. The number of nitrogens with one attached hydrogen (secondary N) is 1. The molecule has 2 rings (SSSR count). The van der Waals surface area contributed by atoms with Gasteiger partial charge in [-0.25, -0.2) is 9.97 Å². The van der Waals surface area contributed by atoms with Gasteiger partial charge >= 0.3 is 0 Å². The lowest BCUT2D eigenvalue weighted by molar-refractivity contribution is 0.647. The first kappa shape index (κ1) is 13.5. The molecule has 100 valence electrons. The van der Waals surface area contributed by atoms with Crippen LogP contribution in [0, 0.1) is 12.8 Å². The summed E-state index contributed by atoms with van der Waals surface area (Å²) in [5.41, 5.74) is 4.61. The Morgan fingerprint density at radius 3 is 2.68 bits per heavy atom. The van der Waals surface area contributed by atoms with E-state index in [0.717, 1.165) is 29.1 Å². The lowest BCUT2D eigenvalue weighted by Crippen LogP contribution is -2.00. The van der Waals surface area contributed by atoms with E-state index in [2.05, 4.69) is 60.3 Å². The van der Waals surface area contributed by atoms with Crippen LogP contribution < -0.4 is 5.32 Å². The maximum atomic E-state index is 4.43. The van der Waals surface area contributed by atoms with Crippen molar-refractivity contribution in [2.24, 2.45) is 5.92 Å². The first-order valence-electron chi connectivity index (χ1n) is 6.70. The van der Waals surface area contributed by atoms with E-state index in [1.54, 1.807) is 6.33 Å². The van der Waals surface area contributed by atoms with Gasteiger partial charge in [0, 0.05) is 18.2 Å². The summed E-state index contributed by atoms with van der Waals surface area (Å²) in [7, 11) is 1.88. The molecule has 0 unspecified atom stereocenters. The summed E-state index contributed by atoms with van der Waals surface area (Å²) in [5.74, 6) is 1.55. The first-order chi connectivity index (χ1) is 9.11. The Bertz CT molecular complexity index is 562. The quantitative estimate of drug-likeness (QED) is 0.905. The van der Waals surface area contributed by atoms with E-state index in [1.807, 2.05) is 7.05 Å². The number of nitrogens with zero attached hydrogens (tertiary/aromatic N) is 2. The van der Waals surface area contributed by atoms with Crippen LogP contribution in [0.3, 0.4) is 0 Å². The minimum Gasteiger partial charge on any atom is -0.373 e. The Balaban J connectivity index is 2.42. The highest BCUT2D eigenvalue weighted by Crippen LogP contribution is 2.25. The van der Waals surface area contributed by atoms with Crippen LogP contribution in [0.1, 0.15) is 25.0 Å². The van der Waals surface area contributed by atoms with Crippen molar-refractivity contribution in [3.63, 3.8) is 0 Å². The fourth-order valence-corrected chi connectivity index (χ4v) is 2.31. The van der Waals surface area contributed by atoms with Crippen LogP contribution in [0.5, 0.6) is 0 Å². The smallest absolute Gasteiger partial charge is 0.132 e. The third-order valence-corrected chi connectivity index (χ3v) is 3.17. The number of rotatable bonds is 4. The molecule has 0 spiro atoms. The zero-order valence-electron chi connectivity index (χ0n) is 12.1. The van der Waals surface area contributed by atoms with Crippen molar-refractivity contribution in [1.82, 2.24) is 9.97 Å². The van der Waals surface area contributed by atoms with Crippen molar-refractivity contribution in [3.05, 3.63) is 41.7 Å². The van der Waals surface area contributed by atoms with Crippen LogP contribution in [0.15, 0.2) is 30.6 Å². The molecule has 1 heterocycles. The van der Waals surface area contributed by atoms with Gasteiger partial charge in [0.25, 0.3) is 0 Å². The van der Waals surface area contributed by atoms with Gasteiger partial charge in [0.05, 0.1) is 5.69 Å². The van der Waals surface area contributed by atoms with Crippen LogP contribution >= 0.6 is 0 Å². The molecule has 0 saturated carbocycles. The van der Waals surface area contributed by atoms with Crippen LogP contribution in [0.2, 0.25) is 0 Å². The third-order valence-electron chi connectivity index (χ3n) is 3.17. The Hall–Kier alpha value is -1.90. The van der Waals surface area contributed by atoms with Gasteiger partial charge < -0.3 is 5.32 Å². The largest absolute Gasteiger partial charge is 0.373 e. The zero-order chi connectivity index (χ0) is 13.8. The second kappa shape index (κ2) is 5.83. The Labute approximate surface area is 115 Å². The second-order valence-corrected chi connectivity index (χ2v) is 5.24. The molecule has 1 aromatic heterocycles. The van der Waals surface area contributed by atoms with Crippen molar-refractivity contribution in [3.8, 4) is 11.3 Å². The molecular formula is C16H21N3. The van der Waals surface area contributed by atoms with Crippen molar-refractivity contribution in [1.29, 1.82) is 0 Å². The average Bonchev–Trinajstić information content (AvgIpc) is 2.38. The molecule has 0 aliphatic rings. The summed E-state index contributed by atoms with van der Waals surface area (Å²) in [6.45, 7) is 6.53. The van der Waals surface area contributed by atoms with Crippen LogP contribution in [0.25, 0.3) is 11.3 Å². The summed E-state index contributed by atoms with van der Waals surface area (Å²) < 4.78 is 0. The normalized spacial score (nSPS) is 10.8. The topological polar surface area (TPSA) is 37.8 Å². The van der Waals surface area contributed by atoms with E-state index in [4.69, 9.17) is 0 Å². The van der Waals surface area contributed by atoms with Gasteiger partial charge in [-0.2, -0.15) is 0 Å². The van der Waals surface area contributed by atoms with E-state index < -0.39 is 0 Å². The van der Waals surface area contributed by atoms with Crippen LogP contribution in [0.4, 0.5) is 5.82 Å². The highest BCUT2D eigenvalue weighted by molar-refractivity contribution is 5.68. The molecule has 1 N–H and O–H groups in total. The van der Waals surface area contributed by atoms with E-state index in [9.17, 15) is 0 Å². The Kier molecular flexibility index (Phi) is 4.15. The molecule has 0 bridgehead atoms.